The molecule has 1 aromatic carbocycles. The predicted octanol–water partition coefficient (Wildman–Crippen LogP) is 1.48. The summed E-state index contributed by atoms with van der Waals surface area (Å²) in [5.41, 5.74) is 0.757. The van der Waals surface area contributed by atoms with Crippen LogP contribution in [0.2, 0.25) is 0 Å². The zero-order chi connectivity index (χ0) is 17.5. The number of nitrogens with one attached hydrogen (secondary N) is 1. The van der Waals surface area contributed by atoms with Crippen LogP contribution >= 0.6 is 11.3 Å². The van der Waals surface area contributed by atoms with Crippen molar-refractivity contribution in [3.63, 3.8) is 0 Å². The molecule has 1 amide bonds. The molecule has 0 aliphatic heterocycles. The third-order valence-electron chi connectivity index (χ3n) is 3.52. The van der Waals surface area contributed by atoms with E-state index in [0.717, 1.165) is 16.5 Å². The summed E-state index contributed by atoms with van der Waals surface area (Å²) < 4.78 is 5.67. The molecule has 9 heteroatoms. The Morgan fingerprint density at radius 3 is 2.92 bits per heavy atom. The van der Waals surface area contributed by atoms with Crippen molar-refractivity contribution in [2.24, 2.45) is 0 Å². The van der Waals surface area contributed by atoms with Gasteiger partial charge in [0.1, 0.15) is 17.4 Å². The highest BCUT2D eigenvalue weighted by Gasteiger charge is 2.13. The van der Waals surface area contributed by atoms with E-state index in [1.165, 1.54) is 11.3 Å². The first kappa shape index (κ1) is 17.0. The summed E-state index contributed by atoms with van der Waals surface area (Å²) in [7, 11) is 1.76. The van der Waals surface area contributed by atoms with Gasteiger partial charge in [0.05, 0.1) is 12.1 Å². The number of para-hydroxylation sites is 1. The minimum atomic E-state index is 0.00400. The number of nitrogens with zero attached hydrogens (tertiary/aromatic N) is 5. The normalized spacial score (nSPS) is 10.6. The van der Waals surface area contributed by atoms with E-state index < -0.39 is 0 Å². The first-order valence-corrected chi connectivity index (χ1v) is 8.66. The van der Waals surface area contributed by atoms with Crippen LogP contribution in [0.3, 0.4) is 0 Å². The number of aromatic amines is 1. The van der Waals surface area contributed by atoms with Crippen molar-refractivity contribution in [2.45, 2.75) is 19.4 Å². The van der Waals surface area contributed by atoms with Gasteiger partial charge in [-0.3, -0.25) is 4.79 Å². The quantitative estimate of drug-likeness (QED) is 0.655. The summed E-state index contributed by atoms with van der Waals surface area (Å²) in [5, 5.41) is 16.4. The lowest BCUT2D eigenvalue weighted by Gasteiger charge is -2.15. The Morgan fingerprint density at radius 2 is 2.16 bits per heavy atom. The second-order valence-corrected chi connectivity index (χ2v) is 6.35. The Bertz CT molecular complexity index is 790. The van der Waals surface area contributed by atoms with Crippen LogP contribution in [-0.2, 0) is 24.2 Å². The molecule has 3 rings (SSSR count). The predicted molar refractivity (Wildman–Crippen MR) is 92.1 cm³/mol. The Hall–Kier alpha value is -2.81. The van der Waals surface area contributed by atoms with Crippen LogP contribution < -0.4 is 4.74 Å². The molecule has 0 aliphatic carbocycles. The van der Waals surface area contributed by atoms with Crippen LogP contribution in [0, 0.1) is 0 Å². The minimum Gasteiger partial charge on any atom is -0.486 e. The molecule has 130 valence electrons. The van der Waals surface area contributed by atoms with Gasteiger partial charge in [0.15, 0.2) is 5.82 Å². The maximum absolute atomic E-state index is 12.3. The first-order valence-electron chi connectivity index (χ1n) is 7.78. The fourth-order valence-electron chi connectivity index (χ4n) is 2.13. The summed E-state index contributed by atoms with van der Waals surface area (Å²) in [6.45, 7) is 0.934. The molecular formula is C16H18N6O2S. The summed E-state index contributed by atoms with van der Waals surface area (Å²) >= 11 is 1.49. The van der Waals surface area contributed by atoms with Crippen molar-refractivity contribution in [1.82, 2.24) is 30.5 Å². The maximum atomic E-state index is 12.3. The lowest BCUT2D eigenvalue weighted by Crippen LogP contribution is -2.30. The number of likely N-dealkylation sites (N-methyl/N-ethyl adjacent to an activating group) is 1. The largest absolute Gasteiger partial charge is 0.486 e. The molecule has 3 aromatic rings. The lowest BCUT2D eigenvalue weighted by molar-refractivity contribution is -0.129. The summed E-state index contributed by atoms with van der Waals surface area (Å²) in [6, 6.07) is 9.58. The molecule has 2 aromatic heterocycles. The van der Waals surface area contributed by atoms with E-state index in [4.69, 9.17) is 4.74 Å². The molecule has 0 saturated carbocycles. The highest BCUT2D eigenvalue weighted by molar-refractivity contribution is 7.09. The van der Waals surface area contributed by atoms with E-state index in [9.17, 15) is 4.79 Å². The first-order chi connectivity index (χ1) is 12.2. The average Bonchev–Trinajstić information content (AvgIpc) is 3.30. The van der Waals surface area contributed by atoms with Crippen molar-refractivity contribution < 1.29 is 9.53 Å². The Balaban J connectivity index is 1.46. The van der Waals surface area contributed by atoms with Crippen LogP contribution in [0.5, 0.6) is 5.75 Å². The second-order valence-electron chi connectivity index (χ2n) is 5.40. The van der Waals surface area contributed by atoms with Gasteiger partial charge in [-0.15, -0.1) is 21.5 Å². The third kappa shape index (κ3) is 5.08. The van der Waals surface area contributed by atoms with Gasteiger partial charge in [0.25, 0.3) is 0 Å². The maximum Gasteiger partial charge on any atom is 0.228 e. The number of rotatable bonds is 8. The second kappa shape index (κ2) is 8.34. The minimum absolute atomic E-state index is 0.00400. The number of amides is 1. The van der Waals surface area contributed by atoms with Gasteiger partial charge in [-0.1, -0.05) is 23.4 Å². The smallest absolute Gasteiger partial charge is 0.228 e. The monoisotopic (exact) mass is 358 g/mol. The molecule has 0 saturated heterocycles. The Morgan fingerprint density at radius 1 is 1.32 bits per heavy atom. The highest BCUT2D eigenvalue weighted by Crippen LogP contribution is 2.15. The fourth-order valence-corrected chi connectivity index (χ4v) is 2.83. The van der Waals surface area contributed by atoms with Crippen molar-refractivity contribution in [2.75, 3.05) is 13.6 Å². The fraction of sp³-hybridized carbons (Fsp3) is 0.312. The molecule has 2 heterocycles. The number of H-pyrrole nitrogens is 1. The highest BCUT2D eigenvalue weighted by atomic mass is 32.1. The molecule has 0 radical (unpaired) electrons. The van der Waals surface area contributed by atoms with E-state index in [0.29, 0.717) is 25.4 Å². The van der Waals surface area contributed by atoms with E-state index in [2.05, 4.69) is 25.6 Å². The molecule has 0 unspecified atom stereocenters. The lowest BCUT2D eigenvalue weighted by atomic mass is 10.3. The number of ether oxygens (including phenoxy) is 1. The molecule has 0 atom stereocenters. The zero-order valence-corrected chi connectivity index (χ0v) is 14.6. The Labute approximate surface area is 148 Å². The standard InChI is InChI=1S/C16H18N6O2S/c1-22(8-7-14-18-20-21-19-14)16(23)9-12-11-25-15(17-12)10-24-13-5-3-2-4-6-13/h2-6,11H,7-10H2,1H3,(H,18,19,20,21). The molecule has 0 fully saturated rings. The van der Waals surface area contributed by atoms with Gasteiger partial charge in [-0.05, 0) is 12.1 Å². The SMILES string of the molecule is CN(CCc1nn[nH]n1)C(=O)Cc1csc(COc2ccccc2)n1. The van der Waals surface area contributed by atoms with Crippen molar-refractivity contribution in [3.05, 3.63) is 52.2 Å². The number of tetrazole rings is 1. The molecule has 8 nitrogen and oxygen atoms in total. The van der Waals surface area contributed by atoms with Crippen LogP contribution in [-0.4, -0.2) is 50.0 Å². The number of hydrogen-bond donors (Lipinski definition) is 1. The van der Waals surface area contributed by atoms with Crippen molar-refractivity contribution >= 4 is 17.2 Å². The average molecular weight is 358 g/mol. The Kier molecular flexibility index (Phi) is 5.68. The molecule has 0 spiro atoms. The van der Waals surface area contributed by atoms with Crippen LogP contribution in [0.15, 0.2) is 35.7 Å². The number of benzene rings is 1. The van der Waals surface area contributed by atoms with E-state index >= 15 is 0 Å². The summed E-state index contributed by atoms with van der Waals surface area (Å²) in [5.74, 6) is 1.40. The summed E-state index contributed by atoms with van der Waals surface area (Å²) in [4.78, 5) is 18.4. The van der Waals surface area contributed by atoms with E-state index in [1.807, 2.05) is 35.7 Å². The molecule has 1 N–H and O–H groups in total. The van der Waals surface area contributed by atoms with Crippen molar-refractivity contribution in [3.8, 4) is 5.75 Å². The van der Waals surface area contributed by atoms with Gasteiger partial charge in [0.2, 0.25) is 5.91 Å². The van der Waals surface area contributed by atoms with Crippen molar-refractivity contribution in [1.29, 1.82) is 0 Å². The molecular weight excluding hydrogens is 340 g/mol. The zero-order valence-electron chi connectivity index (χ0n) is 13.8. The number of hydrogen-bond acceptors (Lipinski definition) is 7. The van der Waals surface area contributed by atoms with Gasteiger partial charge in [-0.2, -0.15) is 5.21 Å². The van der Waals surface area contributed by atoms with E-state index in [-0.39, 0.29) is 12.3 Å². The van der Waals surface area contributed by atoms with Crippen LogP contribution in [0.4, 0.5) is 0 Å². The third-order valence-corrected chi connectivity index (χ3v) is 4.39. The van der Waals surface area contributed by atoms with Crippen LogP contribution in [0.1, 0.15) is 16.5 Å². The number of carbonyl (C=O) groups is 1. The molecule has 0 aliphatic rings. The van der Waals surface area contributed by atoms with E-state index in [1.54, 1.807) is 11.9 Å². The topological polar surface area (TPSA) is 96.9 Å². The molecule has 0 bridgehead atoms. The number of carbonyl (C=O) groups excluding carboxylic acids is 1. The van der Waals surface area contributed by atoms with Gasteiger partial charge >= 0.3 is 0 Å². The van der Waals surface area contributed by atoms with Gasteiger partial charge in [-0.25, -0.2) is 4.98 Å². The number of thiazole rings is 1. The number of aromatic nitrogens is 5. The van der Waals surface area contributed by atoms with Crippen LogP contribution in [0.25, 0.3) is 0 Å². The van der Waals surface area contributed by atoms with Gasteiger partial charge in [0, 0.05) is 25.4 Å². The molecule has 25 heavy (non-hydrogen) atoms. The summed E-state index contributed by atoms with van der Waals surface area (Å²) in [6.07, 6.45) is 0.830. The van der Waals surface area contributed by atoms with Gasteiger partial charge < -0.3 is 9.64 Å².